The minimum Gasteiger partial charge on any atom is -0.232 e. The van der Waals surface area contributed by atoms with E-state index in [4.69, 9.17) is 0 Å². The molecule has 9 nitrogen and oxygen atoms in total. The van der Waals surface area contributed by atoms with Crippen LogP contribution in [0.5, 0.6) is 0 Å². The highest BCUT2D eigenvalue weighted by molar-refractivity contribution is 7.91. The zero-order valence-corrected chi connectivity index (χ0v) is 15.6. The number of rotatable bonds is 7. The molecule has 1 unspecified atom stereocenters. The van der Waals surface area contributed by atoms with Crippen molar-refractivity contribution < 1.29 is 16.8 Å². The fraction of sp³-hybridized carbons (Fsp3) is 0.500. The molecule has 138 valence electrons. The van der Waals surface area contributed by atoms with E-state index in [1.54, 1.807) is 24.3 Å². The summed E-state index contributed by atoms with van der Waals surface area (Å²) in [4.78, 5) is 2.26. The molecule has 1 aromatic rings. The van der Waals surface area contributed by atoms with E-state index in [9.17, 15) is 16.8 Å². The zero-order chi connectivity index (χ0) is 18.3. The summed E-state index contributed by atoms with van der Waals surface area (Å²) in [5.74, 6) is 0. The second-order valence-corrected chi connectivity index (χ2v) is 10.2. The summed E-state index contributed by atoms with van der Waals surface area (Å²) in [6, 6.07) is 8.83. The number of nitrogens with one attached hydrogen (secondary N) is 2. The third kappa shape index (κ3) is 3.55. The van der Waals surface area contributed by atoms with E-state index in [-0.39, 0.29) is 12.5 Å². The number of hydrogen-bond donors (Lipinski definition) is 2. The van der Waals surface area contributed by atoms with Crippen molar-refractivity contribution in [3.05, 3.63) is 35.9 Å². The first-order chi connectivity index (χ1) is 11.7. The molecule has 0 radical (unpaired) electrons. The summed E-state index contributed by atoms with van der Waals surface area (Å²) in [6.07, 6.45) is 2.53. The third-order valence-corrected chi connectivity index (χ3v) is 7.48. The Morgan fingerprint density at radius 3 is 2.44 bits per heavy atom. The molecule has 11 heteroatoms. The van der Waals surface area contributed by atoms with Crippen LogP contribution in [0, 0.1) is 0 Å². The zero-order valence-electron chi connectivity index (χ0n) is 14.0. The van der Waals surface area contributed by atoms with Gasteiger partial charge in [-0.2, -0.15) is 22.6 Å². The molecule has 1 aromatic carbocycles. The predicted molar refractivity (Wildman–Crippen MR) is 94.0 cm³/mol. The molecule has 3 rings (SSSR count). The number of nitrogens with zero attached hydrogens (tertiary/aromatic N) is 3. The maximum Gasteiger partial charge on any atom is 0.318 e. The first-order valence-electron chi connectivity index (χ1n) is 7.77. The van der Waals surface area contributed by atoms with Gasteiger partial charge in [-0.25, -0.2) is 18.1 Å². The average molecular weight is 387 g/mol. The van der Waals surface area contributed by atoms with Crippen molar-refractivity contribution in [3.63, 3.8) is 0 Å². The van der Waals surface area contributed by atoms with E-state index in [0.717, 1.165) is 33.5 Å². The second kappa shape index (κ2) is 6.32. The predicted octanol–water partition coefficient (Wildman–Crippen LogP) is -0.380. The Hall–Kier alpha value is -1.53. The van der Waals surface area contributed by atoms with Gasteiger partial charge in [0.25, 0.3) is 10.0 Å². The van der Waals surface area contributed by atoms with Crippen LogP contribution in [0.4, 0.5) is 0 Å². The van der Waals surface area contributed by atoms with Gasteiger partial charge in [0.2, 0.25) is 4.99 Å². The SMILES string of the molecule is CN(C)S(=O)(=O)N1C=NC(Cc2ccccc2)(S(=O)(=O)NC2CC2)N1. The smallest absolute Gasteiger partial charge is 0.232 e. The molecule has 0 amide bonds. The summed E-state index contributed by atoms with van der Waals surface area (Å²) in [7, 11) is -5.14. The minimum absolute atomic E-state index is 0.00809. The monoisotopic (exact) mass is 387 g/mol. The Bertz CT molecular complexity index is 866. The van der Waals surface area contributed by atoms with Gasteiger partial charge in [0.1, 0.15) is 6.34 Å². The van der Waals surface area contributed by atoms with E-state index in [2.05, 4.69) is 15.1 Å². The van der Waals surface area contributed by atoms with Gasteiger partial charge in [0.05, 0.1) is 0 Å². The van der Waals surface area contributed by atoms with Crippen molar-refractivity contribution in [2.24, 2.45) is 4.99 Å². The van der Waals surface area contributed by atoms with E-state index in [1.807, 2.05) is 6.07 Å². The van der Waals surface area contributed by atoms with Gasteiger partial charge in [-0.15, -0.1) is 0 Å². The number of benzene rings is 1. The van der Waals surface area contributed by atoms with E-state index >= 15 is 0 Å². The number of hydrogen-bond acceptors (Lipinski definition) is 6. The van der Waals surface area contributed by atoms with Crippen LogP contribution in [-0.2, 0) is 26.7 Å². The maximum atomic E-state index is 12.9. The molecule has 1 aliphatic heterocycles. The second-order valence-electron chi connectivity index (χ2n) is 6.28. The van der Waals surface area contributed by atoms with Crippen molar-refractivity contribution >= 4 is 26.6 Å². The van der Waals surface area contributed by atoms with Gasteiger partial charge < -0.3 is 0 Å². The van der Waals surface area contributed by atoms with Crippen LogP contribution in [-0.4, -0.2) is 57.0 Å². The number of aliphatic imine (C=N–C) groups is 1. The molecular weight excluding hydrogens is 366 g/mol. The number of hydrazine groups is 1. The highest BCUT2D eigenvalue weighted by atomic mass is 32.2. The van der Waals surface area contributed by atoms with Crippen molar-refractivity contribution in [1.82, 2.24) is 18.9 Å². The quantitative estimate of drug-likeness (QED) is 0.662. The summed E-state index contributed by atoms with van der Waals surface area (Å²) in [5, 5.41) is 0. The Morgan fingerprint density at radius 2 is 1.88 bits per heavy atom. The maximum absolute atomic E-state index is 12.9. The topological polar surface area (TPSA) is 111 Å². The van der Waals surface area contributed by atoms with Crippen LogP contribution >= 0.6 is 0 Å². The lowest BCUT2D eigenvalue weighted by Crippen LogP contribution is -2.60. The fourth-order valence-electron chi connectivity index (χ4n) is 2.37. The van der Waals surface area contributed by atoms with Gasteiger partial charge in [-0.05, 0) is 18.4 Å². The molecule has 2 aliphatic rings. The first kappa shape index (κ1) is 18.3. The standard InChI is InChI=1S/C14H21N5O4S2/c1-18(2)25(22,23)19-11-15-14(17-19,10-12-6-4-3-5-7-12)24(20,21)16-13-8-9-13/h3-7,11,13,16-17H,8-10H2,1-2H3. The Morgan fingerprint density at radius 1 is 1.24 bits per heavy atom. The largest absolute Gasteiger partial charge is 0.318 e. The molecule has 0 spiro atoms. The van der Waals surface area contributed by atoms with Crippen LogP contribution in [0.15, 0.2) is 35.3 Å². The van der Waals surface area contributed by atoms with Gasteiger partial charge >= 0.3 is 10.2 Å². The summed E-state index contributed by atoms with van der Waals surface area (Å²) in [5.41, 5.74) is 3.30. The molecule has 0 saturated heterocycles. The summed E-state index contributed by atoms with van der Waals surface area (Å²) >= 11 is 0. The summed E-state index contributed by atoms with van der Waals surface area (Å²) < 4.78 is 54.8. The van der Waals surface area contributed by atoms with E-state index in [0.29, 0.717) is 0 Å². The molecule has 1 saturated carbocycles. The number of sulfonamides is 1. The molecule has 1 aliphatic carbocycles. The Balaban J connectivity index is 1.95. The first-order valence-corrected chi connectivity index (χ1v) is 10.7. The van der Waals surface area contributed by atoms with Crippen molar-refractivity contribution in [2.45, 2.75) is 30.3 Å². The van der Waals surface area contributed by atoms with Gasteiger partial charge in [-0.3, -0.25) is 0 Å². The van der Waals surface area contributed by atoms with Gasteiger partial charge in [-0.1, -0.05) is 30.3 Å². The molecule has 2 N–H and O–H groups in total. The van der Waals surface area contributed by atoms with Gasteiger partial charge in [0, 0.05) is 26.6 Å². The van der Waals surface area contributed by atoms with Crippen molar-refractivity contribution in [2.75, 3.05) is 14.1 Å². The normalized spacial score (nSPS) is 24.2. The van der Waals surface area contributed by atoms with E-state index in [1.165, 1.54) is 14.1 Å². The Labute approximate surface area is 147 Å². The Kier molecular flexibility index (Phi) is 4.62. The van der Waals surface area contributed by atoms with Crippen LogP contribution in [0.2, 0.25) is 0 Å². The summed E-state index contributed by atoms with van der Waals surface area (Å²) in [6.45, 7) is 0. The van der Waals surface area contributed by atoms with Crippen molar-refractivity contribution in [1.29, 1.82) is 0 Å². The molecule has 0 bridgehead atoms. The molecule has 0 aromatic heterocycles. The van der Waals surface area contributed by atoms with Crippen LogP contribution < -0.4 is 10.1 Å². The van der Waals surface area contributed by atoms with Gasteiger partial charge in [0.15, 0.2) is 0 Å². The van der Waals surface area contributed by atoms with E-state index < -0.39 is 25.2 Å². The third-order valence-electron chi connectivity index (χ3n) is 4.00. The van der Waals surface area contributed by atoms with Crippen LogP contribution in [0.1, 0.15) is 18.4 Å². The van der Waals surface area contributed by atoms with Crippen LogP contribution in [0.25, 0.3) is 0 Å². The van der Waals surface area contributed by atoms with Crippen LogP contribution in [0.3, 0.4) is 0 Å². The molecular formula is C14H21N5O4S2. The molecule has 1 atom stereocenters. The average Bonchev–Trinajstić information content (AvgIpc) is 3.23. The lowest BCUT2D eigenvalue weighted by molar-refractivity contribution is 0.341. The highest BCUT2D eigenvalue weighted by Gasteiger charge is 2.51. The van der Waals surface area contributed by atoms with Crippen molar-refractivity contribution in [3.8, 4) is 0 Å². The fourth-order valence-corrected chi connectivity index (χ4v) is 4.84. The minimum atomic E-state index is -3.96. The lowest BCUT2D eigenvalue weighted by Gasteiger charge is -2.29. The molecule has 1 heterocycles. The molecule has 25 heavy (non-hydrogen) atoms. The lowest BCUT2D eigenvalue weighted by atomic mass is 10.1. The highest BCUT2D eigenvalue weighted by Crippen LogP contribution is 2.29. The molecule has 1 fully saturated rings.